The van der Waals surface area contributed by atoms with E-state index in [0.717, 1.165) is 35.5 Å². The number of carboxylic acids is 1. The largest absolute Gasteiger partial charge is 0.477 e. The number of anilines is 1. The van der Waals surface area contributed by atoms with E-state index in [2.05, 4.69) is 10.6 Å². The van der Waals surface area contributed by atoms with E-state index in [9.17, 15) is 4.79 Å². The average Bonchev–Trinajstić information content (AvgIpc) is 3.10. The van der Waals surface area contributed by atoms with Crippen LogP contribution in [0.2, 0.25) is 0 Å². The lowest BCUT2D eigenvalue weighted by Gasteiger charge is -2.06. The van der Waals surface area contributed by atoms with Crippen LogP contribution in [0.3, 0.4) is 0 Å². The zero-order valence-electron chi connectivity index (χ0n) is 14.8. The Morgan fingerprint density at radius 1 is 1.19 bits per heavy atom. The molecule has 2 aromatic carbocycles. The van der Waals surface area contributed by atoms with Crippen LogP contribution in [-0.2, 0) is 4.79 Å². The number of nitrogens with zero attached hydrogens (tertiary/aromatic N) is 1. The molecule has 0 bridgehead atoms. The molecule has 0 spiro atoms. The molecule has 27 heavy (non-hydrogen) atoms. The van der Waals surface area contributed by atoms with Crippen LogP contribution in [-0.4, -0.2) is 31.2 Å². The van der Waals surface area contributed by atoms with E-state index in [-0.39, 0.29) is 5.57 Å². The second-order valence-electron chi connectivity index (χ2n) is 5.99. The number of aliphatic carboxylic acids is 1. The van der Waals surface area contributed by atoms with Crippen molar-refractivity contribution in [2.75, 3.05) is 25.5 Å². The number of hydrogen-bond donors (Lipinski definition) is 3. The summed E-state index contributed by atoms with van der Waals surface area (Å²) in [7, 11) is 1.91. The molecule has 6 heteroatoms. The Balaban J connectivity index is 1.84. The van der Waals surface area contributed by atoms with Crippen molar-refractivity contribution in [1.29, 1.82) is 5.26 Å². The molecule has 0 fully saturated rings. The Kier molecular flexibility index (Phi) is 5.55. The van der Waals surface area contributed by atoms with Crippen LogP contribution in [0.25, 0.3) is 28.4 Å². The Labute approximate surface area is 156 Å². The summed E-state index contributed by atoms with van der Waals surface area (Å²) < 4.78 is 5.92. The summed E-state index contributed by atoms with van der Waals surface area (Å²) in [5, 5.41) is 25.2. The van der Waals surface area contributed by atoms with Crippen molar-refractivity contribution in [2.45, 2.75) is 0 Å². The molecule has 0 saturated carbocycles. The van der Waals surface area contributed by atoms with Gasteiger partial charge in [-0.25, -0.2) is 4.79 Å². The summed E-state index contributed by atoms with van der Waals surface area (Å²) in [5.74, 6) is -0.521. The molecule has 0 aliphatic carbocycles. The average molecular weight is 361 g/mol. The van der Waals surface area contributed by atoms with Gasteiger partial charge in [0.15, 0.2) is 0 Å². The van der Waals surface area contributed by atoms with Crippen LogP contribution in [0.15, 0.2) is 58.5 Å². The number of nitriles is 1. The van der Waals surface area contributed by atoms with Gasteiger partial charge in [0, 0.05) is 29.7 Å². The van der Waals surface area contributed by atoms with Crippen LogP contribution in [0.5, 0.6) is 0 Å². The quantitative estimate of drug-likeness (QED) is 0.337. The van der Waals surface area contributed by atoms with E-state index in [1.165, 1.54) is 6.08 Å². The first-order valence-electron chi connectivity index (χ1n) is 8.48. The van der Waals surface area contributed by atoms with Gasteiger partial charge >= 0.3 is 5.97 Å². The number of carboxylic acid groups (broad SMARTS) is 1. The molecule has 0 aliphatic heterocycles. The topological polar surface area (TPSA) is 98.3 Å². The van der Waals surface area contributed by atoms with E-state index in [4.69, 9.17) is 14.8 Å². The number of fused-ring (bicyclic) bond motifs is 1. The molecular weight excluding hydrogens is 342 g/mol. The number of likely N-dealkylation sites (N-methyl/N-ethyl adjacent to an activating group) is 1. The minimum Gasteiger partial charge on any atom is -0.477 e. The fourth-order valence-corrected chi connectivity index (χ4v) is 2.67. The molecule has 0 atom stereocenters. The summed E-state index contributed by atoms with van der Waals surface area (Å²) in [6.45, 7) is 1.73. The number of nitrogens with one attached hydrogen (secondary N) is 2. The van der Waals surface area contributed by atoms with Crippen molar-refractivity contribution in [2.24, 2.45) is 0 Å². The van der Waals surface area contributed by atoms with Gasteiger partial charge in [-0.1, -0.05) is 12.1 Å². The van der Waals surface area contributed by atoms with Crippen molar-refractivity contribution in [1.82, 2.24) is 5.32 Å². The second kappa shape index (κ2) is 8.21. The zero-order chi connectivity index (χ0) is 19.2. The highest BCUT2D eigenvalue weighted by Gasteiger charge is 2.09. The maximum Gasteiger partial charge on any atom is 0.346 e. The molecule has 136 valence electrons. The van der Waals surface area contributed by atoms with Gasteiger partial charge in [-0.05, 0) is 55.1 Å². The van der Waals surface area contributed by atoms with Gasteiger partial charge in [-0.2, -0.15) is 5.26 Å². The van der Waals surface area contributed by atoms with Crippen molar-refractivity contribution < 1.29 is 14.3 Å². The Morgan fingerprint density at radius 2 is 1.96 bits per heavy atom. The summed E-state index contributed by atoms with van der Waals surface area (Å²) in [6.07, 6.45) is 1.33. The highest BCUT2D eigenvalue weighted by atomic mass is 16.4. The molecular formula is C21H19N3O3. The lowest BCUT2D eigenvalue weighted by Crippen LogP contribution is -2.17. The zero-order valence-corrected chi connectivity index (χ0v) is 14.8. The van der Waals surface area contributed by atoms with E-state index in [0.29, 0.717) is 11.1 Å². The third kappa shape index (κ3) is 4.35. The molecule has 1 heterocycles. The fourth-order valence-electron chi connectivity index (χ4n) is 2.67. The van der Waals surface area contributed by atoms with Crippen LogP contribution in [0.1, 0.15) is 5.56 Å². The van der Waals surface area contributed by atoms with Gasteiger partial charge in [-0.15, -0.1) is 0 Å². The third-order valence-electron chi connectivity index (χ3n) is 4.08. The molecule has 3 aromatic rings. The fraction of sp³-hybridized carbons (Fsp3) is 0.143. The lowest BCUT2D eigenvalue weighted by atomic mass is 10.1. The molecule has 3 N–H and O–H groups in total. The standard InChI is InChI=1S/C21H19N3O3/c1-23-8-9-24-18-6-4-15(5-7-18)20-12-16-3-2-14(11-19(16)27-20)10-17(13-22)21(25)26/h2-7,10-12,23-24H,8-9H2,1H3,(H,25,26)/b17-10+. The summed E-state index contributed by atoms with van der Waals surface area (Å²) in [4.78, 5) is 11.0. The maximum absolute atomic E-state index is 11.0. The summed E-state index contributed by atoms with van der Waals surface area (Å²) >= 11 is 0. The smallest absolute Gasteiger partial charge is 0.346 e. The van der Waals surface area contributed by atoms with Gasteiger partial charge in [0.25, 0.3) is 0 Å². The highest BCUT2D eigenvalue weighted by molar-refractivity contribution is 5.97. The van der Waals surface area contributed by atoms with Crippen LogP contribution >= 0.6 is 0 Å². The lowest BCUT2D eigenvalue weighted by molar-refractivity contribution is -0.132. The molecule has 0 aliphatic rings. The SMILES string of the molecule is CNCCNc1ccc(-c2cc3ccc(/C=C(\C#N)C(=O)O)cc3o2)cc1. The van der Waals surface area contributed by atoms with E-state index in [1.54, 1.807) is 18.2 Å². The number of rotatable bonds is 7. The van der Waals surface area contributed by atoms with Gasteiger partial charge < -0.3 is 20.2 Å². The normalized spacial score (nSPS) is 11.3. The van der Waals surface area contributed by atoms with Gasteiger partial charge in [-0.3, -0.25) is 0 Å². The number of furan rings is 1. The van der Waals surface area contributed by atoms with Crippen molar-refractivity contribution in [3.05, 3.63) is 59.7 Å². The second-order valence-corrected chi connectivity index (χ2v) is 5.99. The van der Waals surface area contributed by atoms with Gasteiger partial charge in [0.2, 0.25) is 0 Å². The first-order valence-corrected chi connectivity index (χ1v) is 8.48. The van der Waals surface area contributed by atoms with Crippen LogP contribution in [0.4, 0.5) is 5.69 Å². The minimum atomic E-state index is -1.25. The third-order valence-corrected chi connectivity index (χ3v) is 4.08. The van der Waals surface area contributed by atoms with E-state index in [1.807, 2.05) is 43.4 Å². The number of benzene rings is 2. The van der Waals surface area contributed by atoms with E-state index >= 15 is 0 Å². The highest BCUT2D eigenvalue weighted by Crippen LogP contribution is 2.29. The molecule has 0 saturated heterocycles. The van der Waals surface area contributed by atoms with E-state index < -0.39 is 5.97 Å². The number of hydrogen-bond acceptors (Lipinski definition) is 5. The molecule has 0 radical (unpaired) electrons. The maximum atomic E-state index is 11.0. The van der Waals surface area contributed by atoms with Gasteiger partial charge in [0.1, 0.15) is 23.0 Å². The predicted molar refractivity (Wildman–Crippen MR) is 105 cm³/mol. The first-order chi connectivity index (χ1) is 13.1. The Hall–Kier alpha value is -3.56. The summed E-state index contributed by atoms with van der Waals surface area (Å²) in [5.41, 5.74) is 2.91. The van der Waals surface area contributed by atoms with Crippen molar-refractivity contribution in [3.8, 4) is 17.4 Å². The monoisotopic (exact) mass is 361 g/mol. The van der Waals surface area contributed by atoms with Gasteiger partial charge in [0.05, 0.1) is 0 Å². The van der Waals surface area contributed by atoms with Crippen molar-refractivity contribution in [3.63, 3.8) is 0 Å². The van der Waals surface area contributed by atoms with Crippen molar-refractivity contribution >= 4 is 28.7 Å². The number of carbonyl (C=O) groups is 1. The van der Waals surface area contributed by atoms with Crippen LogP contribution < -0.4 is 10.6 Å². The Morgan fingerprint density at radius 3 is 2.63 bits per heavy atom. The summed E-state index contributed by atoms with van der Waals surface area (Å²) in [6, 6.07) is 16.9. The van der Waals surface area contributed by atoms with Crippen LogP contribution in [0, 0.1) is 11.3 Å². The molecule has 0 amide bonds. The minimum absolute atomic E-state index is 0.317. The Bertz CT molecular complexity index is 1030. The molecule has 1 aromatic heterocycles. The predicted octanol–water partition coefficient (Wildman–Crippen LogP) is 3.72. The first kappa shape index (κ1) is 18.2. The molecule has 6 nitrogen and oxygen atoms in total. The molecule has 0 unspecified atom stereocenters. The molecule has 3 rings (SSSR count).